The largest absolute Gasteiger partial charge is 0.456 e. The molecule has 10 aromatic carbocycles. The van der Waals surface area contributed by atoms with E-state index in [1.807, 2.05) is 17.4 Å². The van der Waals surface area contributed by atoms with Crippen molar-refractivity contribution in [3.05, 3.63) is 247 Å². The number of hydrogen-bond donors (Lipinski definition) is 0. The topological polar surface area (TPSA) is 51.8 Å². The molecule has 14 aromatic rings. The quantitative estimate of drug-likeness (QED) is 0.167. The Morgan fingerprint density at radius 1 is 0.314 bits per heavy atom. The number of fused-ring (bicyclic) bond motifs is 12. The van der Waals surface area contributed by atoms with E-state index in [0.717, 1.165) is 55.1 Å². The van der Waals surface area contributed by atoms with E-state index in [1.165, 1.54) is 68.3 Å². The molecule has 0 radical (unpaired) electrons. The molecule has 0 fully saturated rings. The summed E-state index contributed by atoms with van der Waals surface area (Å²) < 4.78 is 11.6. The standard InChI is InChI=1S/C64H37N3OS2/c1-3-15-41(16-4-1)64(42-17-5-2-6-18-42)51-24-10-7-19-43(51)44-32-29-39(37-52(44)64)38-30-33-53-50(35-38)59-47(22-13-25-54(59)68-53)62-65-61(40-31-34-57-49(36-40)45-20-8-11-26-55(45)69-57)66-63(67-62)48-23-14-28-58-60(48)46-21-9-12-27-56(46)70-58/h1-37H. The summed E-state index contributed by atoms with van der Waals surface area (Å²) in [4.78, 5) is 16.2. The van der Waals surface area contributed by atoms with Gasteiger partial charge in [0.05, 0.1) is 5.41 Å². The van der Waals surface area contributed by atoms with E-state index >= 15 is 0 Å². The van der Waals surface area contributed by atoms with E-state index < -0.39 is 5.41 Å². The van der Waals surface area contributed by atoms with E-state index in [4.69, 9.17) is 19.4 Å². The zero-order valence-electron chi connectivity index (χ0n) is 37.4. The summed E-state index contributed by atoms with van der Waals surface area (Å²) in [6.45, 7) is 0. The van der Waals surface area contributed by atoms with Crippen LogP contribution in [0.25, 0.3) is 119 Å². The first-order valence-corrected chi connectivity index (χ1v) is 25.2. The first-order chi connectivity index (χ1) is 34.7. The van der Waals surface area contributed by atoms with Crippen LogP contribution in [-0.2, 0) is 5.41 Å². The number of thiophene rings is 2. The molecule has 0 N–H and O–H groups in total. The average molecular weight is 928 g/mol. The van der Waals surface area contributed by atoms with Crippen LogP contribution in [0.1, 0.15) is 22.3 Å². The smallest absolute Gasteiger partial charge is 0.164 e. The summed E-state index contributed by atoms with van der Waals surface area (Å²) in [5.74, 6) is 1.85. The lowest BCUT2D eigenvalue weighted by molar-refractivity contribution is 0.669. The van der Waals surface area contributed by atoms with Crippen LogP contribution in [0.2, 0.25) is 0 Å². The van der Waals surface area contributed by atoms with Gasteiger partial charge in [-0.25, -0.2) is 15.0 Å². The lowest BCUT2D eigenvalue weighted by Gasteiger charge is -2.34. The van der Waals surface area contributed by atoms with E-state index in [2.05, 4.69) is 218 Å². The SMILES string of the molecule is c1ccc(C2(c3ccccc3)c3ccccc3-c3ccc(-c4ccc5oc6cccc(-c7nc(-c8ccc9sc%10ccccc%10c9c8)nc(-c8cccc9sc%10ccccc%10c89)n7)c6c5c4)cc32)cc1. The third-order valence-electron chi connectivity index (χ3n) is 14.4. The Labute approximate surface area is 410 Å². The molecule has 0 saturated heterocycles. The summed E-state index contributed by atoms with van der Waals surface area (Å²) in [6, 6.07) is 81.0. The highest BCUT2D eigenvalue weighted by Crippen LogP contribution is 2.57. The molecule has 1 aliphatic carbocycles. The van der Waals surface area contributed by atoms with Gasteiger partial charge in [0.15, 0.2) is 17.5 Å². The lowest BCUT2D eigenvalue weighted by Crippen LogP contribution is -2.28. The fraction of sp³-hybridized carbons (Fsp3) is 0.0156. The second-order valence-corrected chi connectivity index (χ2v) is 20.3. The summed E-state index contributed by atoms with van der Waals surface area (Å²) in [6.07, 6.45) is 0. The maximum atomic E-state index is 6.71. The molecule has 326 valence electrons. The van der Waals surface area contributed by atoms with Crippen molar-refractivity contribution in [2.24, 2.45) is 0 Å². The van der Waals surface area contributed by atoms with Gasteiger partial charge < -0.3 is 4.42 Å². The monoisotopic (exact) mass is 927 g/mol. The number of aromatic nitrogens is 3. The first kappa shape index (κ1) is 39.4. The Bertz CT molecular complexity index is 4390. The van der Waals surface area contributed by atoms with Crippen LogP contribution in [0.4, 0.5) is 0 Å². The van der Waals surface area contributed by atoms with Gasteiger partial charge in [-0.15, -0.1) is 22.7 Å². The zero-order valence-corrected chi connectivity index (χ0v) is 39.1. The van der Waals surface area contributed by atoms with Crippen LogP contribution in [0, 0.1) is 0 Å². The Balaban J connectivity index is 0.943. The number of rotatable bonds is 6. The molecule has 0 saturated carbocycles. The Morgan fingerprint density at radius 3 is 1.66 bits per heavy atom. The van der Waals surface area contributed by atoms with Crippen molar-refractivity contribution >= 4 is 85.0 Å². The van der Waals surface area contributed by atoms with Crippen LogP contribution in [-0.4, -0.2) is 15.0 Å². The van der Waals surface area contributed by atoms with Gasteiger partial charge in [0.2, 0.25) is 0 Å². The van der Waals surface area contributed by atoms with Crippen molar-refractivity contribution in [2.45, 2.75) is 5.41 Å². The predicted molar refractivity (Wildman–Crippen MR) is 292 cm³/mol. The van der Waals surface area contributed by atoms with Gasteiger partial charge in [0.1, 0.15) is 11.2 Å². The van der Waals surface area contributed by atoms with E-state index in [0.29, 0.717) is 17.5 Å². The van der Waals surface area contributed by atoms with Crippen LogP contribution in [0.5, 0.6) is 0 Å². The zero-order chi connectivity index (χ0) is 45.9. The molecule has 15 rings (SSSR count). The predicted octanol–water partition coefficient (Wildman–Crippen LogP) is 17.5. The summed E-state index contributed by atoms with van der Waals surface area (Å²) in [5, 5.41) is 6.76. The number of hydrogen-bond acceptors (Lipinski definition) is 6. The van der Waals surface area contributed by atoms with Crippen LogP contribution >= 0.6 is 22.7 Å². The van der Waals surface area contributed by atoms with Crippen molar-refractivity contribution in [3.8, 4) is 56.4 Å². The molecule has 4 aromatic heterocycles. The van der Waals surface area contributed by atoms with Gasteiger partial charge in [-0.05, 0) is 105 Å². The molecule has 4 heterocycles. The molecule has 0 spiro atoms. The maximum absolute atomic E-state index is 6.71. The third kappa shape index (κ3) is 5.78. The van der Waals surface area contributed by atoms with Gasteiger partial charge in [0, 0.05) is 67.8 Å². The van der Waals surface area contributed by atoms with Gasteiger partial charge in [0.25, 0.3) is 0 Å². The highest BCUT2D eigenvalue weighted by atomic mass is 32.1. The molecule has 0 bridgehead atoms. The molecule has 0 amide bonds. The molecule has 70 heavy (non-hydrogen) atoms. The van der Waals surface area contributed by atoms with Crippen molar-refractivity contribution in [3.63, 3.8) is 0 Å². The fourth-order valence-electron chi connectivity index (χ4n) is 11.4. The van der Waals surface area contributed by atoms with E-state index in [-0.39, 0.29) is 0 Å². The number of furan rings is 1. The second kappa shape index (κ2) is 15.2. The number of nitrogens with zero attached hydrogens (tertiary/aromatic N) is 3. The van der Waals surface area contributed by atoms with Gasteiger partial charge in [-0.2, -0.15) is 0 Å². The van der Waals surface area contributed by atoms with E-state index in [9.17, 15) is 0 Å². The molecular formula is C64H37N3OS2. The fourth-order valence-corrected chi connectivity index (χ4v) is 13.6. The first-order valence-electron chi connectivity index (χ1n) is 23.6. The minimum absolute atomic E-state index is 0.501. The normalized spacial score (nSPS) is 13.0. The molecule has 6 heteroatoms. The molecule has 0 atom stereocenters. The Hall–Kier alpha value is -8.55. The minimum atomic E-state index is -0.501. The molecule has 1 aliphatic rings. The Kier molecular flexibility index (Phi) is 8.58. The second-order valence-electron chi connectivity index (χ2n) is 18.2. The summed E-state index contributed by atoms with van der Waals surface area (Å²) in [7, 11) is 0. The van der Waals surface area contributed by atoms with Crippen LogP contribution in [0.15, 0.2) is 229 Å². The molecule has 0 unspecified atom stereocenters. The Morgan fingerprint density at radius 2 is 0.857 bits per heavy atom. The lowest BCUT2D eigenvalue weighted by atomic mass is 9.67. The molecular weight excluding hydrogens is 891 g/mol. The van der Waals surface area contributed by atoms with Crippen LogP contribution < -0.4 is 0 Å². The van der Waals surface area contributed by atoms with Gasteiger partial charge in [-0.1, -0.05) is 164 Å². The van der Waals surface area contributed by atoms with Gasteiger partial charge in [-0.3, -0.25) is 0 Å². The molecule has 0 aliphatic heterocycles. The van der Waals surface area contributed by atoms with Crippen LogP contribution in [0.3, 0.4) is 0 Å². The highest BCUT2D eigenvalue weighted by Gasteiger charge is 2.46. The van der Waals surface area contributed by atoms with Crippen molar-refractivity contribution < 1.29 is 4.42 Å². The average Bonchev–Trinajstić information content (AvgIpc) is 4.19. The maximum Gasteiger partial charge on any atom is 0.164 e. The minimum Gasteiger partial charge on any atom is -0.456 e. The number of benzene rings is 10. The summed E-state index contributed by atoms with van der Waals surface area (Å²) >= 11 is 3.61. The summed E-state index contributed by atoms with van der Waals surface area (Å²) in [5.41, 5.74) is 13.7. The molecule has 4 nitrogen and oxygen atoms in total. The van der Waals surface area contributed by atoms with Crippen molar-refractivity contribution in [2.75, 3.05) is 0 Å². The van der Waals surface area contributed by atoms with E-state index in [1.54, 1.807) is 11.3 Å². The van der Waals surface area contributed by atoms with Gasteiger partial charge >= 0.3 is 0 Å². The highest BCUT2D eigenvalue weighted by molar-refractivity contribution is 7.26. The third-order valence-corrected chi connectivity index (χ3v) is 16.7. The van der Waals surface area contributed by atoms with Crippen molar-refractivity contribution in [1.82, 2.24) is 15.0 Å². The van der Waals surface area contributed by atoms with Crippen molar-refractivity contribution in [1.29, 1.82) is 0 Å².